The molecule has 2 aromatic rings. The molecule has 20 heavy (non-hydrogen) atoms. The Morgan fingerprint density at radius 3 is 2.50 bits per heavy atom. The molecule has 0 aromatic heterocycles. The van der Waals surface area contributed by atoms with Gasteiger partial charge in [-0.3, -0.25) is 0 Å². The predicted octanol–water partition coefficient (Wildman–Crippen LogP) is 4.67. The van der Waals surface area contributed by atoms with Gasteiger partial charge < -0.3 is 10.4 Å². The summed E-state index contributed by atoms with van der Waals surface area (Å²) in [5.74, 6) is 0.902. The third-order valence-electron chi connectivity index (χ3n) is 4.39. The highest BCUT2D eigenvalue weighted by atomic mass is 16.3. The highest BCUT2D eigenvalue weighted by Crippen LogP contribution is 2.47. The second-order valence-corrected chi connectivity index (χ2v) is 5.88. The Hall–Kier alpha value is -1.96. The second-order valence-electron chi connectivity index (χ2n) is 5.88. The number of aryl methyl sites for hydroxylation is 2. The zero-order valence-electron chi connectivity index (χ0n) is 12.3. The SMILES string of the molecule is Cc1ccccc1NC1CC(C)c2c(C)ccc(O)c21. The van der Waals surface area contributed by atoms with Crippen molar-refractivity contribution in [2.75, 3.05) is 5.32 Å². The molecule has 2 nitrogen and oxygen atoms in total. The molecule has 2 atom stereocenters. The van der Waals surface area contributed by atoms with Crippen molar-refractivity contribution in [1.82, 2.24) is 0 Å². The van der Waals surface area contributed by atoms with Crippen LogP contribution in [-0.2, 0) is 0 Å². The maximum absolute atomic E-state index is 10.3. The van der Waals surface area contributed by atoms with Crippen LogP contribution >= 0.6 is 0 Å². The first-order chi connectivity index (χ1) is 9.58. The minimum absolute atomic E-state index is 0.195. The van der Waals surface area contributed by atoms with Crippen molar-refractivity contribution in [3.8, 4) is 5.75 Å². The molecule has 0 bridgehead atoms. The molecule has 2 unspecified atom stereocenters. The van der Waals surface area contributed by atoms with Crippen molar-refractivity contribution in [1.29, 1.82) is 0 Å². The number of aromatic hydroxyl groups is 1. The smallest absolute Gasteiger partial charge is 0.121 e. The molecular formula is C18H21NO. The first-order valence-electron chi connectivity index (χ1n) is 7.22. The Balaban J connectivity index is 2.00. The van der Waals surface area contributed by atoms with Gasteiger partial charge in [0.1, 0.15) is 5.75 Å². The number of hydrogen-bond donors (Lipinski definition) is 2. The van der Waals surface area contributed by atoms with E-state index in [1.54, 1.807) is 0 Å². The zero-order valence-corrected chi connectivity index (χ0v) is 12.3. The number of rotatable bonds is 2. The van der Waals surface area contributed by atoms with Crippen LogP contribution < -0.4 is 5.32 Å². The van der Waals surface area contributed by atoms with E-state index in [1.807, 2.05) is 24.3 Å². The maximum Gasteiger partial charge on any atom is 0.121 e. The Bertz CT molecular complexity index is 648. The van der Waals surface area contributed by atoms with Crippen LogP contribution in [0.4, 0.5) is 5.69 Å². The third kappa shape index (κ3) is 2.05. The molecule has 104 valence electrons. The first-order valence-corrected chi connectivity index (χ1v) is 7.22. The van der Waals surface area contributed by atoms with Crippen molar-refractivity contribution in [2.24, 2.45) is 0 Å². The third-order valence-corrected chi connectivity index (χ3v) is 4.39. The van der Waals surface area contributed by atoms with E-state index < -0.39 is 0 Å². The topological polar surface area (TPSA) is 32.3 Å². The normalized spacial score (nSPS) is 20.8. The van der Waals surface area contributed by atoms with E-state index in [-0.39, 0.29) is 6.04 Å². The highest BCUT2D eigenvalue weighted by Gasteiger charge is 2.32. The van der Waals surface area contributed by atoms with Crippen LogP contribution in [-0.4, -0.2) is 5.11 Å². The molecule has 1 aliphatic carbocycles. The lowest BCUT2D eigenvalue weighted by Crippen LogP contribution is -2.08. The van der Waals surface area contributed by atoms with Crippen LogP contribution in [0, 0.1) is 13.8 Å². The largest absolute Gasteiger partial charge is 0.508 e. The van der Waals surface area contributed by atoms with Gasteiger partial charge in [-0.05, 0) is 55.0 Å². The summed E-state index contributed by atoms with van der Waals surface area (Å²) in [5.41, 5.74) is 6.07. The molecular weight excluding hydrogens is 246 g/mol. The van der Waals surface area contributed by atoms with Gasteiger partial charge in [-0.15, -0.1) is 0 Å². The van der Waals surface area contributed by atoms with Crippen molar-refractivity contribution in [3.63, 3.8) is 0 Å². The summed E-state index contributed by atoms with van der Waals surface area (Å²) in [6.45, 7) is 6.48. The molecule has 0 heterocycles. The van der Waals surface area contributed by atoms with Crippen molar-refractivity contribution < 1.29 is 5.11 Å². The summed E-state index contributed by atoms with van der Waals surface area (Å²) in [7, 11) is 0. The van der Waals surface area contributed by atoms with Gasteiger partial charge in [0, 0.05) is 11.3 Å². The number of nitrogens with one attached hydrogen (secondary N) is 1. The molecule has 0 fully saturated rings. The lowest BCUT2D eigenvalue weighted by molar-refractivity contribution is 0.465. The van der Waals surface area contributed by atoms with Gasteiger partial charge in [0.15, 0.2) is 0 Å². The van der Waals surface area contributed by atoms with Crippen LogP contribution in [0.5, 0.6) is 5.75 Å². The van der Waals surface area contributed by atoms with Crippen molar-refractivity contribution in [3.05, 3.63) is 58.7 Å². The van der Waals surface area contributed by atoms with Gasteiger partial charge in [-0.2, -0.15) is 0 Å². The number of benzene rings is 2. The van der Waals surface area contributed by atoms with Crippen LogP contribution in [0.2, 0.25) is 0 Å². The summed E-state index contributed by atoms with van der Waals surface area (Å²) in [5, 5.41) is 13.9. The quantitative estimate of drug-likeness (QED) is 0.828. The van der Waals surface area contributed by atoms with Crippen molar-refractivity contribution in [2.45, 2.75) is 39.2 Å². The molecule has 0 spiro atoms. The predicted molar refractivity (Wildman–Crippen MR) is 83.4 cm³/mol. The Morgan fingerprint density at radius 1 is 1.00 bits per heavy atom. The van der Waals surface area contributed by atoms with Gasteiger partial charge in [-0.25, -0.2) is 0 Å². The molecule has 0 amide bonds. The lowest BCUT2D eigenvalue weighted by atomic mass is 9.97. The Kier molecular flexibility index (Phi) is 3.17. The van der Waals surface area contributed by atoms with E-state index in [0.717, 1.165) is 17.7 Å². The van der Waals surface area contributed by atoms with E-state index in [2.05, 4.69) is 38.2 Å². The lowest BCUT2D eigenvalue weighted by Gasteiger charge is -2.18. The summed E-state index contributed by atoms with van der Waals surface area (Å²) in [4.78, 5) is 0. The fourth-order valence-corrected chi connectivity index (χ4v) is 3.40. The van der Waals surface area contributed by atoms with E-state index in [1.165, 1.54) is 16.7 Å². The van der Waals surface area contributed by atoms with Gasteiger partial charge in [0.25, 0.3) is 0 Å². The summed E-state index contributed by atoms with van der Waals surface area (Å²) in [6, 6.07) is 12.3. The summed E-state index contributed by atoms with van der Waals surface area (Å²) >= 11 is 0. The van der Waals surface area contributed by atoms with Gasteiger partial charge in [0.05, 0.1) is 6.04 Å². The number of fused-ring (bicyclic) bond motifs is 1. The molecule has 2 heteroatoms. The number of anilines is 1. The van der Waals surface area contributed by atoms with Crippen LogP contribution in [0.15, 0.2) is 36.4 Å². The Labute approximate surface area is 120 Å². The molecule has 3 rings (SSSR count). The molecule has 1 aliphatic rings. The van der Waals surface area contributed by atoms with E-state index in [4.69, 9.17) is 0 Å². The number of phenolic OH excluding ortho intramolecular Hbond substituents is 1. The van der Waals surface area contributed by atoms with Crippen LogP contribution in [0.25, 0.3) is 0 Å². The van der Waals surface area contributed by atoms with E-state index >= 15 is 0 Å². The van der Waals surface area contributed by atoms with E-state index in [9.17, 15) is 5.11 Å². The zero-order chi connectivity index (χ0) is 14.3. The molecule has 0 aliphatic heterocycles. The fraction of sp³-hybridized carbons (Fsp3) is 0.333. The molecule has 0 radical (unpaired) electrons. The number of para-hydroxylation sites is 1. The molecule has 0 saturated heterocycles. The van der Waals surface area contributed by atoms with Gasteiger partial charge >= 0.3 is 0 Å². The first kappa shape index (κ1) is 13.0. The van der Waals surface area contributed by atoms with E-state index in [0.29, 0.717) is 11.7 Å². The minimum Gasteiger partial charge on any atom is -0.508 e. The summed E-state index contributed by atoms with van der Waals surface area (Å²) < 4.78 is 0. The molecule has 2 N–H and O–H groups in total. The maximum atomic E-state index is 10.3. The Morgan fingerprint density at radius 2 is 1.75 bits per heavy atom. The van der Waals surface area contributed by atoms with Gasteiger partial charge in [0.2, 0.25) is 0 Å². The average Bonchev–Trinajstić information content (AvgIpc) is 2.75. The molecule has 2 aromatic carbocycles. The van der Waals surface area contributed by atoms with Crippen LogP contribution in [0.1, 0.15) is 47.6 Å². The molecule has 0 saturated carbocycles. The van der Waals surface area contributed by atoms with Crippen LogP contribution in [0.3, 0.4) is 0 Å². The average molecular weight is 267 g/mol. The monoisotopic (exact) mass is 267 g/mol. The summed E-state index contributed by atoms with van der Waals surface area (Å²) in [6.07, 6.45) is 1.03. The number of phenols is 1. The minimum atomic E-state index is 0.195. The number of hydrogen-bond acceptors (Lipinski definition) is 2. The van der Waals surface area contributed by atoms with Crippen molar-refractivity contribution >= 4 is 5.69 Å². The highest BCUT2D eigenvalue weighted by molar-refractivity contribution is 5.57. The van der Waals surface area contributed by atoms with Gasteiger partial charge in [-0.1, -0.05) is 31.2 Å². The fourth-order valence-electron chi connectivity index (χ4n) is 3.40. The second kappa shape index (κ2) is 4.86. The standard InChI is InChI=1S/C18H21NO/c1-11-6-4-5-7-14(11)19-15-10-13(3)17-12(2)8-9-16(20)18(15)17/h4-9,13,15,19-20H,10H2,1-3H3.